The highest BCUT2D eigenvalue weighted by atomic mass is 35.5. The second-order valence-electron chi connectivity index (χ2n) is 3.45. The Morgan fingerprint density at radius 2 is 2.00 bits per heavy atom. The molecule has 0 aromatic carbocycles. The highest BCUT2D eigenvalue weighted by Crippen LogP contribution is 2.11. The Morgan fingerprint density at radius 3 is 2.69 bits per heavy atom. The van der Waals surface area contributed by atoms with E-state index in [2.05, 4.69) is 15.0 Å². The van der Waals surface area contributed by atoms with Crippen LogP contribution in [0.1, 0.15) is 5.82 Å². The first-order chi connectivity index (χ1) is 7.79. The summed E-state index contributed by atoms with van der Waals surface area (Å²) in [5.41, 5.74) is 5.63. The summed E-state index contributed by atoms with van der Waals surface area (Å²) in [4.78, 5) is 14.5. The third-order valence-corrected chi connectivity index (χ3v) is 2.49. The average molecular weight is 244 g/mol. The number of halogens is 1. The predicted octanol–water partition coefficient (Wildman–Crippen LogP) is 0.0717. The molecule has 0 bridgehead atoms. The lowest BCUT2D eigenvalue weighted by molar-refractivity contribution is 0.122. The maximum Gasteiger partial charge on any atom is 0.230 e. The number of alkyl halides is 1. The summed E-state index contributed by atoms with van der Waals surface area (Å²) in [5, 5.41) is 0. The van der Waals surface area contributed by atoms with E-state index in [0.29, 0.717) is 37.3 Å². The number of ether oxygens (including phenoxy) is 1. The van der Waals surface area contributed by atoms with Crippen molar-refractivity contribution in [1.29, 1.82) is 0 Å². The zero-order chi connectivity index (χ0) is 11.4. The molecule has 1 fully saturated rings. The molecule has 0 saturated carbocycles. The maximum absolute atomic E-state index is 5.65. The van der Waals surface area contributed by atoms with Gasteiger partial charge in [0.2, 0.25) is 11.9 Å². The molecule has 6 nitrogen and oxygen atoms in total. The van der Waals surface area contributed by atoms with Crippen LogP contribution in [-0.2, 0) is 11.2 Å². The van der Waals surface area contributed by atoms with Crippen molar-refractivity contribution in [2.75, 3.05) is 42.8 Å². The van der Waals surface area contributed by atoms with Gasteiger partial charge in [-0.15, -0.1) is 11.6 Å². The molecule has 0 unspecified atom stereocenters. The van der Waals surface area contributed by atoms with Gasteiger partial charge in [0, 0.05) is 25.4 Å². The van der Waals surface area contributed by atoms with Crippen molar-refractivity contribution in [3.05, 3.63) is 5.82 Å². The number of rotatable bonds is 3. The zero-order valence-electron chi connectivity index (χ0n) is 8.90. The third-order valence-electron chi connectivity index (χ3n) is 2.30. The summed E-state index contributed by atoms with van der Waals surface area (Å²) >= 11 is 5.65. The van der Waals surface area contributed by atoms with Crippen LogP contribution in [-0.4, -0.2) is 47.1 Å². The molecule has 2 N–H and O–H groups in total. The van der Waals surface area contributed by atoms with Crippen LogP contribution < -0.4 is 10.6 Å². The molecule has 88 valence electrons. The van der Waals surface area contributed by atoms with Crippen LogP contribution in [0.15, 0.2) is 0 Å². The van der Waals surface area contributed by atoms with Gasteiger partial charge in [0.25, 0.3) is 0 Å². The molecule has 16 heavy (non-hydrogen) atoms. The van der Waals surface area contributed by atoms with E-state index < -0.39 is 0 Å². The minimum absolute atomic E-state index is 0.247. The second kappa shape index (κ2) is 5.27. The first-order valence-corrected chi connectivity index (χ1v) is 5.72. The van der Waals surface area contributed by atoms with Crippen LogP contribution in [0.5, 0.6) is 0 Å². The topological polar surface area (TPSA) is 77.2 Å². The molecule has 0 amide bonds. The molecule has 7 heteroatoms. The van der Waals surface area contributed by atoms with Crippen molar-refractivity contribution in [2.24, 2.45) is 0 Å². The molecule has 1 aliphatic heterocycles. The first-order valence-electron chi connectivity index (χ1n) is 5.18. The Hall–Kier alpha value is -1.14. The molecule has 1 aromatic rings. The van der Waals surface area contributed by atoms with Crippen LogP contribution in [0.3, 0.4) is 0 Å². The number of anilines is 2. The van der Waals surface area contributed by atoms with Crippen molar-refractivity contribution in [3.63, 3.8) is 0 Å². The van der Waals surface area contributed by atoms with E-state index >= 15 is 0 Å². The molecule has 0 aliphatic carbocycles. The summed E-state index contributed by atoms with van der Waals surface area (Å²) in [7, 11) is 0. The van der Waals surface area contributed by atoms with E-state index in [4.69, 9.17) is 22.1 Å². The normalized spacial score (nSPS) is 16.4. The fourth-order valence-corrected chi connectivity index (χ4v) is 1.70. The molecule has 0 spiro atoms. The van der Waals surface area contributed by atoms with Gasteiger partial charge in [0.05, 0.1) is 13.2 Å². The number of aromatic nitrogens is 3. The van der Waals surface area contributed by atoms with Crippen molar-refractivity contribution in [1.82, 2.24) is 15.0 Å². The van der Waals surface area contributed by atoms with Crippen molar-refractivity contribution >= 4 is 23.5 Å². The number of morpholine rings is 1. The minimum Gasteiger partial charge on any atom is -0.378 e. The van der Waals surface area contributed by atoms with Crippen LogP contribution in [0, 0.1) is 0 Å². The fourth-order valence-electron chi connectivity index (χ4n) is 1.53. The Bertz CT molecular complexity index is 356. The van der Waals surface area contributed by atoms with Gasteiger partial charge in [-0.1, -0.05) is 0 Å². The Labute approximate surface area is 98.8 Å². The number of nitrogens with zero attached hydrogens (tertiary/aromatic N) is 4. The fraction of sp³-hybridized carbons (Fsp3) is 0.667. The van der Waals surface area contributed by atoms with Gasteiger partial charge in [0.15, 0.2) is 0 Å². The van der Waals surface area contributed by atoms with Gasteiger partial charge >= 0.3 is 0 Å². The van der Waals surface area contributed by atoms with Crippen LogP contribution >= 0.6 is 11.6 Å². The molecule has 2 heterocycles. The van der Waals surface area contributed by atoms with Crippen molar-refractivity contribution < 1.29 is 4.74 Å². The Morgan fingerprint density at radius 1 is 1.25 bits per heavy atom. The highest BCUT2D eigenvalue weighted by molar-refractivity contribution is 6.17. The van der Waals surface area contributed by atoms with Crippen LogP contribution in [0.2, 0.25) is 0 Å². The standard InChI is InChI=1S/C9H14ClN5O/c10-2-1-7-12-8(11)14-9(13-7)15-3-5-16-6-4-15/h1-6H2,(H2,11,12,13,14). The monoisotopic (exact) mass is 243 g/mol. The number of nitrogens with two attached hydrogens (primary N) is 1. The highest BCUT2D eigenvalue weighted by Gasteiger charge is 2.15. The van der Waals surface area contributed by atoms with Gasteiger partial charge in [-0.05, 0) is 0 Å². The summed E-state index contributed by atoms with van der Waals surface area (Å²) in [6.45, 7) is 2.94. The summed E-state index contributed by atoms with van der Waals surface area (Å²) in [6, 6.07) is 0. The molecule has 1 aliphatic rings. The third kappa shape index (κ3) is 2.70. The molecular formula is C9H14ClN5O. The number of hydrogen-bond acceptors (Lipinski definition) is 6. The zero-order valence-corrected chi connectivity index (χ0v) is 9.65. The number of hydrogen-bond donors (Lipinski definition) is 1. The minimum atomic E-state index is 0.247. The van der Waals surface area contributed by atoms with Gasteiger partial charge < -0.3 is 15.4 Å². The van der Waals surface area contributed by atoms with Gasteiger partial charge in [-0.25, -0.2) is 0 Å². The molecule has 1 aromatic heterocycles. The van der Waals surface area contributed by atoms with E-state index in [9.17, 15) is 0 Å². The summed E-state index contributed by atoms with van der Waals surface area (Å²) < 4.78 is 5.26. The van der Waals surface area contributed by atoms with Crippen LogP contribution in [0.4, 0.5) is 11.9 Å². The molecular weight excluding hydrogens is 230 g/mol. The van der Waals surface area contributed by atoms with Crippen LogP contribution in [0.25, 0.3) is 0 Å². The quantitative estimate of drug-likeness (QED) is 0.758. The van der Waals surface area contributed by atoms with Crippen molar-refractivity contribution in [2.45, 2.75) is 6.42 Å². The van der Waals surface area contributed by atoms with Gasteiger partial charge in [-0.3, -0.25) is 0 Å². The molecule has 2 rings (SSSR count). The molecule has 0 atom stereocenters. The lowest BCUT2D eigenvalue weighted by atomic mass is 10.4. The average Bonchev–Trinajstić information content (AvgIpc) is 2.30. The summed E-state index contributed by atoms with van der Waals surface area (Å²) in [6.07, 6.45) is 0.603. The van der Waals surface area contributed by atoms with E-state index in [1.54, 1.807) is 0 Å². The van der Waals surface area contributed by atoms with E-state index in [-0.39, 0.29) is 5.95 Å². The lowest BCUT2D eigenvalue weighted by Crippen LogP contribution is -2.37. The molecule has 0 radical (unpaired) electrons. The van der Waals surface area contributed by atoms with Gasteiger partial charge in [0.1, 0.15) is 5.82 Å². The second-order valence-corrected chi connectivity index (χ2v) is 3.83. The molecule has 1 saturated heterocycles. The Balaban J connectivity index is 2.18. The van der Waals surface area contributed by atoms with E-state index in [1.165, 1.54) is 0 Å². The maximum atomic E-state index is 5.65. The van der Waals surface area contributed by atoms with Crippen molar-refractivity contribution in [3.8, 4) is 0 Å². The number of aryl methyl sites for hydroxylation is 1. The first kappa shape index (κ1) is 11.3. The van der Waals surface area contributed by atoms with E-state index in [1.807, 2.05) is 4.90 Å². The van der Waals surface area contributed by atoms with E-state index in [0.717, 1.165) is 13.1 Å². The Kier molecular flexibility index (Phi) is 3.74. The summed E-state index contributed by atoms with van der Waals surface area (Å²) in [5.74, 6) is 1.99. The SMILES string of the molecule is Nc1nc(CCCl)nc(N2CCOCC2)n1. The number of nitrogen functional groups attached to an aromatic ring is 1. The smallest absolute Gasteiger partial charge is 0.230 e. The predicted molar refractivity (Wildman–Crippen MR) is 61.7 cm³/mol. The largest absolute Gasteiger partial charge is 0.378 e. The van der Waals surface area contributed by atoms with Gasteiger partial charge in [-0.2, -0.15) is 15.0 Å². The lowest BCUT2D eigenvalue weighted by Gasteiger charge is -2.26.